The van der Waals surface area contributed by atoms with Crippen molar-refractivity contribution in [3.63, 3.8) is 0 Å². The lowest BCUT2D eigenvalue weighted by Gasteiger charge is -2.18. The van der Waals surface area contributed by atoms with Crippen molar-refractivity contribution in [3.8, 4) is 0 Å². The maximum Gasteiger partial charge on any atom is 0.328 e. The molecule has 1 N–H and O–H groups in total. The summed E-state index contributed by atoms with van der Waals surface area (Å²) in [7, 11) is 0. The molecule has 0 fully saturated rings. The van der Waals surface area contributed by atoms with Gasteiger partial charge in [-0.1, -0.05) is 40.9 Å². The molecule has 0 spiro atoms. The van der Waals surface area contributed by atoms with E-state index >= 15 is 0 Å². The molecule has 0 aliphatic heterocycles. The van der Waals surface area contributed by atoms with Gasteiger partial charge in [0.05, 0.1) is 17.3 Å². The molecule has 0 aromatic heterocycles. The summed E-state index contributed by atoms with van der Waals surface area (Å²) in [5.74, 6) is -0.240. The van der Waals surface area contributed by atoms with Gasteiger partial charge in [-0.3, -0.25) is 0 Å². The Morgan fingerprint density at radius 2 is 2.22 bits per heavy atom. The van der Waals surface area contributed by atoms with Gasteiger partial charge >= 0.3 is 5.97 Å². The van der Waals surface area contributed by atoms with Crippen molar-refractivity contribution in [2.24, 2.45) is 0 Å². The maximum absolute atomic E-state index is 11.8. The number of anilines is 1. The van der Waals surface area contributed by atoms with Crippen LogP contribution < -0.4 is 5.32 Å². The zero-order valence-electron chi connectivity index (χ0n) is 10.5. The highest BCUT2D eigenvalue weighted by atomic mass is 79.9. The average Bonchev–Trinajstić information content (AvgIpc) is 2.33. The average molecular weight is 335 g/mol. The Labute approximate surface area is 121 Å². The third kappa shape index (κ3) is 4.50. The fourth-order valence-electron chi connectivity index (χ4n) is 1.58. The summed E-state index contributed by atoms with van der Waals surface area (Å²) in [5, 5.41) is 3.72. The largest absolute Gasteiger partial charge is 0.464 e. The lowest BCUT2D eigenvalue weighted by atomic mass is 10.1. The SMILES string of the molecule is CCCC(Nc1cc(Br)ccc1Cl)C(=O)OCC. The number of ether oxygens (including phenoxy) is 1. The molecule has 1 rings (SSSR count). The van der Waals surface area contributed by atoms with Gasteiger partial charge in [0, 0.05) is 4.47 Å². The van der Waals surface area contributed by atoms with Crippen LogP contribution in [-0.2, 0) is 9.53 Å². The third-order valence-corrected chi connectivity index (χ3v) is 3.23. The van der Waals surface area contributed by atoms with Crippen LogP contribution in [0.2, 0.25) is 5.02 Å². The number of carbonyl (C=O) groups excluding carboxylic acids is 1. The van der Waals surface area contributed by atoms with Crippen molar-refractivity contribution in [1.29, 1.82) is 0 Å². The van der Waals surface area contributed by atoms with Gasteiger partial charge in [-0.2, -0.15) is 0 Å². The highest BCUT2D eigenvalue weighted by Gasteiger charge is 2.19. The van der Waals surface area contributed by atoms with E-state index in [1.54, 1.807) is 13.0 Å². The zero-order valence-corrected chi connectivity index (χ0v) is 12.8. The molecule has 1 aromatic carbocycles. The second-order valence-corrected chi connectivity index (χ2v) is 5.18. The predicted octanol–water partition coefficient (Wildman–Crippen LogP) is 4.25. The molecular weight excluding hydrogens is 318 g/mol. The number of esters is 1. The van der Waals surface area contributed by atoms with Gasteiger partial charge in [-0.25, -0.2) is 4.79 Å². The van der Waals surface area contributed by atoms with Crippen molar-refractivity contribution in [1.82, 2.24) is 0 Å². The van der Waals surface area contributed by atoms with E-state index in [-0.39, 0.29) is 12.0 Å². The first kappa shape index (κ1) is 15.3. The second kappa shape index (κ2) is 7.64. The quantitative estimate of drug-likeness (QED) is 0.791. The van der Waals surface area contributed by atoms with Crippen molar-refractivity contribution in [2.75, 3.05) is 11.9 Å². The number of rotatable bonds is 6. The maximum atomic E-state index is 11.8. The topological polar surface area (TPSA) is 38.3 Å². The van der Waals surface area contributed by atoms with Crippen molar-refractivity contribution in [2.45, 2.75) is 32.7 Å². The van der Waals surface area contributed by atoms with Crippen LogP contribution in [0, 0.1) is 0 Å². The molecule has 1 unspecified atom stereocenters. The van der Waals surface area contributed by atoms with Gasteiger partial charge < -0.3 is 10.1 Å². The first-order valence-corrected chi connectivity index (χ1v) is 7.13. The summed E-state index contributed by atoms with van der Waals surface area (Å²) in [4.78, 5) is 11.8. The second-order valence-electron chi connectivity index (χ2n) is 3.86. The molecular formula is C13H17BrClNO2. The zero-order chi connectivity index (χ0) is 13.5. The minimum absolute atomic E-state index is 0.240. The number of nitrogens with one attached hydrogen (secondary N) is 1. The Morgan fingerprint density at radius 3 is 2.83 bits per heavy atom. The van der Waals surface area contributed by atoms with Crippen LogP contribution in [0.4, 0.5) is 5.69 Å². The molecule has 0 saturated carbocycles. The highest BCUT2D eigenvalue weighted by molar-refractivity contribution is 9.10. The molecule has 0 heterocycles. The fourth-order valence-corrected chi connectivity index (χ4v) is 2.11. The lowest BCUT2D eigenvalue weighted by Crippen LogP contribution is -2.31. The molecule has 0 radical (unpaired) electrons. The molecule has 0 bridgehead atoms. The van der Waals surface area contributed by atoms with E-state index in [1.807, 2.05) is 19.1 Å². The van der Waals surface area contributed by atoms with E-state index in [9.17, 15) is 4.79 Å². The van der Waals surface area contributed by atoms with E-state index in [4.69, 9.17) is 16.3 Å². The van der Waals surface area contributed by atoms with Gasteiger partial charge in [0.1, 0.15) is 6.04 Å². The summed E-state index contributed by atoms with van der Waals surface area (Å²) in [6.07, 6.45) is 1.60. The molecule has 0 amide bonds. The van der Waals surface area contributed by atoms with Crippen molar-refractivity contribution < 1.29 is 9.53 Å². The fraction of sp³-hybridized carbons (Fsp3) is 0.462. The van der Waals surface area contributed by atoms with Crippen molar-refractivity contribution in [3.05, 3.63) is 27.7 Å². The number of halogens is 2. The monoisotopic (exact) mass is 333 g/mol. The predicted molar refractivity (Wildman–Crippen MR) is 78.1 cm³/mol. The van der Waals surface area contributed by atoms with E-state index in [0.717, 1.165) is 16.6 Å². The van der Waals surface area contributed by atoms with Crippen LogP contribution >= 0.6 is 27.5 Å². The van der Waals surface area contributed by atoms with E-state index in [1.165, 1.54) is 0 Å². The van der Waals surface area contributed by atoms with Crippen LogP contribution in [0.3, 0.4) is 0 Å². The summed E-state index contributed by atoms with van der Waals surface area (Å²) in [5.41, 5.74) is 0.734. The Kier molecular flexibility index (Phi) is 6.50. The summed E-state index contributed by atoms with van der Waals surface area (Å²) < 4.78 is 5.95. The summed E-state index contributed by atoms with van der Waals surface area (Å²) in [6, 6.07) is 5.13. The molecule has 0 aliphatic rings. The Morgan fingerprint density at radius 1 is 1.50 bits per heavy atom. The first-order chi connectivity index (χ1) is 8.58. The lowest BCUT2D eigenvalue weighted by molar-refractivity contribution is -0.144. The van der Waals surface area contributed by atoms with Gasteiger partial charge in [0.15, 0.2) is 0 Å². The van der Waals surface area contributed by atoms with Crippen LogP contribution in [0.5, 0.6) is 0 Å². The Hall–Kier alpha value is -0.740. The van der Waals surface area contributed by atoms with Gasteiger partial charge in [-0.05, 0) is 31.5 Å². The molecule has 5 heteroatoms. The van der Waals surface area contributed by atoms with Gasteiger partial charge in [0.25, 0.3) is 0 Å². The van der Waals surface area contributed by atoms with Crippen LogP contribution in [0.25, 0.3) is 0 Å². The van der Waals surface area contributed by atoms with Crippen LogP contribution in [0.1, 0.15) is 26.7 Å². The normalized spacial score (nSPS) is 12.0. The van der Waals surface area contributed by atoms with Gasteiger partial charge in [0.2, 0.25) is 0 Å². The summed E-state index contributed by atoms with van der Waals surface area (Å²) in [6.45, 7) is 4.20. The van der Waals surface area contributed by atoms with Crippen molar-refractivity contribution >= 4 is 39.2 Å². The molecule has 0 saturated heterocycles. The number of carbonyl (C=O) groups is 1. The minimum Gasteiger partial charge on any atom is -0.464 e. The standard InChI is InChI=1S/C13H17BrClNO2/c1-3-5-11(13(17)18-4-2)16-12-8-9(14)6-7-10(12)15/h6-8,11,16H,3-5H2,1-2H3. The molecule has 100 valence electrons. The van der Waals surface area contributed by atoms with Crippen LogP contribution in [-0.4, -0.2) is 18.6 Å². The number of benzene rings is 1. The highest BCUT2D eigenvalue weighted by Crippen LogP contribution is 2.27. The molecule has 0 aliphatic carbocycles. The van der Waals surface area contributed by atoms with Crippen LogP contribution in [0.15, 0.2) is 22.7 Å². The molecule has 18 heavy (non-hydrogen) atoms. The number of hydrogen-bond acceptors (Lipinski definition) is 3. The first-order valence-electron chi connectivity index (χ1n) is 5.96. The Balaban J connectivity index is 2.82. The molecule has 3 nitrogen and oxygen atoms in total. The molecule has 1 atom stereocenters. The Bertz CT molecular complexity index is 412. The number of hydrogen-bond donors (Lipinski definition) is 1. The van der Waals surface area contributed by atoms with E-state index < -0.39 is 0 Å². The van der Waals surface area contributed by atoms with Gasteiger partial charge in [-0.15, -0.1) is 0 Å². The van der Waals surface area contributed by atoms with E-state index in [0.29, 0.717) is 18.1 Å². The third-order valence-electron chi connectivity index (χ3n) is 2.41. The van der Waals surface area contributed by atoms with E-state index in [2.05, 4.69) is 21.2 Å². The summed E-state index contributed by atoms with van der Waals surface area (Å²) >= 11 is 9.46. The minimum atomic E-state index is -0.359. The molecule has 1 aromatic rings. The smallest absolute Gasteiger partial charge is 0.328 e.